The van der Waals surface area contributed by atoms with Crippen molar-refractivity contribution in [2.75, 3.05) is 32.7 Å². The molecule has 7 heteroatoms. The van der Waals surface area contributed by atoms with Gasteiger partial charge in [0, 0.05) is 38.0 Å². The second-order valence-electron chi connectivity index (χ2n) is 6.32. The number of benzene rings is 1. The number of aryl methyl sites for hydroxylation is 1. The summed E-state index contributed by atoms with van der Waals surface area (Å²) in [6.07, 6.45) is 0.741. The third-order valence-electron chi connectivity index (χ3n) is 4.29. The van der Waals surface area contributed by atoms with Crippen molar-refractivity contribution in [2.24, 2.45) is 5.73 Å². The Kier molecular flexibility index (Phi) is 5.45. The van der Waals surface area contributed by atoms with E-state index in [4.69, 9.17) is 5.73 Å². The van der Waals surface area contributed by atoms with Gasteiger partial charge in [-0.3, -0.25) is 14.5 Å². The SMILES string of the molecule is Cc1ccc(Cc2nc(C(=O)N3CCN(CC(N)=O)CC3)cs2)cc1. The number of aromatic nitrogens is 1. The van der Waals surface area contributed by atoms with Gasteiger partial charge in [-0.1, -0.05) is 29.8 Å². The summed E-state index contributed by atoms with van der Waals surface area (Å²) >= 11 is 1.52. The van der Waals surface area contributed by atoms with Crippen LogP contribution in [-0.4, -0.2) is 59.3 Å². The van der Waals surface area contributed by atoms with Crippen LogP contribution in [0.4, 0.5) is 0 Å². The van der Waals surface area contributed by atoms with Gasteiger partial charge in [0.2, 0.25) is 5.91 Å². The maximum atomic E-state index is 12.6. The Balaban J connectivity index is 1.57. The first-order valence-electron chi connectivity index (χ1n) is 8.31. The zero-order chi connectivity index (χ0) is 17.8. The fraction of sp³-hybridized carbons (Fsp3) is 0.389. The molecular weight excluding hydrogens is 336 g/mol. The summed E-state index contributed by atoms with van der Waals surface area (Å²) in [5, 5.41) is 2.78. The van der Waals surface area contributed by atoms with Gasteiger partial charge in [0.15, 0.2) is 0 Å². The van der Waals surface area contributed by atoms with Crippen molar-refractivity contribution in [3.8, 4) is 0 Å². The monoisotopic (exact) mass is 358 g/mol. The highest BCUT2D eigenvalue weighted by Crippen LogP contribution is 2.17. The Hall–Kier alpha value is -2.25. The molecule has 3 rings (SSSR count). The highest BCUT2D eigenvalue weighted by Gasteiger charge is 2.24. The second-order valence-corrected chi connectivity index (χ2v) is 7.27. The summed E-state index contributed by atoms with van der Waals surface area (Å²) in [5.41, 5.74) is 8.15. The van der Waals surface area contributed by atoms with E-state index >= 15 is 0 Å². The van der Waals surface area contributed by atoms with Crippen LogP contribution in [0.3, 0.4) is 0 Å². The number of piperazine rings is 1. The molecule has 2 N–H and O–H groups in total. The van der Waals surface area contributed by atoms with Gasteiger partial charge < -0.3 is 10.6 Å². The lowest BCUT2D eigenvalue weighted by atomic mass is 10.1. The highest BCUT2D eigenvalue weighted by molar-refractivity contribution is 7.09. The zero-order valence-electron chi connectivity index (χ0n) is 14.3. The van der Waals surface area contributed by atoms with Crippen molar-refractivity contribution in [3.05, 3.63) is 51.5 Å². The number of carbonyl (C=O) groups is 2. The maximum Gasteiger partial charge on any atom is 0.273 e. The Morgan fingerprint density at radius 1 is 1.16 bits per heavy atom. The Morgan fingerprint density at radius 2 is 1.84 bits per heavy atom. The van der Waals surface area contributed by atoms with Crippen molar-refractivity contribution in [3.63, 3.8) is 0 Å². The Labute approximate surface area is 151 Å². The molecule has 1 aromatic carbocycles. The summed E-state index contributed by atoms with van der Waals surface area (Å²) in [6.45, 7) is 4.82. The average Bonchev–Trinajstić information content (AvgIpc) is 3.05. The van der Waals surface area contributed by atoms with Crippen molar-refractivity contribution >= 4 is 23.2 Å². The minimum absolute atomic E-state index is 0.0369. The molecule has 1 aliphatic rings. The Bertz CT molecular complexity index is 749. The van der Waals surface area contributed by atoms with Crippen LogP contribution in [0.25, 0.3) is 0 Å². The lowest BCUT2D eigenvalue weighted by molar-refractivity contribution is -0.119. The summed E-state index contributed by atoms with van der Waals surface area (Å²) in [5.74, 6) is -0.370. The third kappa shape index (κ3) is 4.64. The van der Waals surface area contributed by atoms with E-state index in [1.807, 2.05) is 10.3 Å². The van der Waals surface area contributed by atoms with Gasteiger partial charge >= 0.3 is 0 Å². The fourth-order valence-electron chi connectivity index (χ4n) is 2.86. The van der Waals surface area contributed by atoms with Crippen LogP contribution in [0, 0.1) is 6.92 Å². The number of rotatable bonds is 5. The van der Waals surface area contributed by atoms with Crippen molar-refractivity contribution in [1.82, 2.24) is 14.8 Å². The molecule has 0 aliphatic carbocycles. The first-order chi connectivity index (χ1) is 12.0. The summed E-state index contributed by atoms with van der Waals surface area (Å²) in [7, 11) is 0. The summed E-state index contributed by atoms with van der Waals surface area (Å²) < 4.78 is 0. The molecule has 1 aliphatic heterocycles. The number of hydrogen-bond acceptors (Lipinski definition) is 5. The average molecular weight is 358 g/mol. The van der Waals surface area contributed by atoms with Crippen LogP contribution >= 0.6 is 11.3 Å². The van der Waals surface area contributed by atoms with Crippen molar-refractivity contribution in [2.45, 2.75) is 13.3 Å². The van der Waals surface area contributed by atoms with E-state index in [0.29, 0.717) is 31.9 Å². The molecule has 1 saturated heterocycles. The van der Waals surface area contributed by atoms with Crippen LogP contribution < -0.4 is 5.73 Å². The molecule has 1 aromatic heterocycles. The number of nitrogens with two attached hydrogens (primary N) is 1. The van der Waals surface area contributed by atoms with Crippen LogP contribution in [-0.2, 0) is 11.2 Å². The normalized spacial score (nSPS) is 15.3. The van der Waals surface area contributed by atoms with Gasteiger partial charge in [0.1, 0.15) is 5.69 Å². The highest BCUT2D eigenvalue weighted by atomic mass is 32.1. The first-order valence-corrected chi connectivity index (χ1v) is 9.19. The van der Waals surface area contributed by atoms with Crippen LogP contribution in [0.1, 0.15) is 26.6 Å². The molecule has 1 fully saturated rings. The van der Waals surface area contributed by atoms with Gasteiger partial charge in [0.05, 0.1) is 11.6 Å². The number of carbonyl (C=O) groups excluding carboxylic acids is 2. The van der Waals surface area contributed by atoms with Gasteiger partial charge in [0.25, 0.3) is 5.91 Å². The molecule has 0 atom stereocenters. The Morgan fingerprint density at radius 3 is 2.48 bits per heavy atom. The topological polar surface area (TPSA) is 79.5 Å². The molecule has 2 aromatic rings. The lowest BCUT2D eigenvalue weighted by Crippen LogP contribution is -2.50. The second kappa shape index (κ2) is 7.76. The molecule has 0 unspecified atom stereocenters. The van der Waals surface area contributed by atoms with E-state index in [9.17, 15) is 9.59 Å². The molecular formula is C18H22N4O2S. The molecule has 2 amide bonds. The summed E-state index contributed by atoms with van der Waals surface area (Å²) in [6, 6.07) is 8.35. The molecule has 0 saturated carbocycles. The van der Waals surface area contributed by atoms with Gasteiger partial charge in [-0.15, -0.1) is 11.3 Å². The molecule has 25 heavy (non-hydrogen) atoms. The molecule has 2 heterocycles. The number of nitrogens with zero attached hydrogens (tertiary/aromatic N) is 3. The molecule has 0 spiro atoms. The van der Waals surface area contributed by atoms with Gasteiger partial charge in [-0.25, -0.2) is 4.98 Å². The van der Waals surface area contributed by atoms with E-state index < -0.39 is 0 Å². The quantitative estimate of drug-likeness (QED) is 0.873. The van der Waals surface area contributed by atoms with Crippen molar-refractivity contribution in [1.29, 1.82) is 0 Å². The summed E-state index contributed by atoms with van der Waals surface area (Å²) in [4.78, 5) is 31.8. The van der Waals surface area contributed by atoms with Crippen molar-refractivity contribution < 1.29 is 9.59 Å². The number of amides is 2. The molecule has 6 nitrogen and oxygen atoms in total. The maximum absolute atomic E-state index is 12.6. The number of primary amides is 1. The smallest absolute Gasteiger partial charge is 0.273 e. The fourth-order valence-corrected chi connectivity index (χ4v) is 3.66. The third-order valence-corrected chi connectivity index (χ3v) is 5.13. The van der Waals surface area contributed by atoms with Crippen LogP contribution in [0.15, 0.2) is 29.6 Å². The van der Waals surface area contributed by atoms with E-state index in [1.165, 1.54) is 22.5 Å². The van der Waals surface area contributed by atoms with Gasteiger partial charge in [-0.05, 0) is 12.5 Å². The van der Waals surface area contributed by atoms with E-state index in [0.717, 1.165) is 11.4 Å². The largest absolute Gasteiger partial charge is 0.369 e. The van der Waals surface area contributed by atoms with Crippen LogP contribution in [0.5, 0.6) is 0 Å². The first kappa shape index (κ1) is 17.6. The predicted octanol–water partition coefficient (Wildman–Crippen LogP) is 1.29. The predicted molar refractivity (Wildman–Crippen MR) is 97.6 cm³/mol. The minimum Gasteiger partial charge on any atom is -0.369 e. The molecule has 0 radical (unpaired) electrons. The van der Waals surface area contributed by atoms with E-state index in [2.05, 4.69) is 36.2 Å². The van der Waals surface area contributed by atoms with E-state index in [-0.39, 0.29) is 18.4 Å². The van der Waals surface area contributed by atoms with Gasteiger partial charge in [-0.2, -0.15) is 0 Å². The number of thiazole rings is 1. The van der Waals surface area contributed by atoms with E-state index in [1.54, 1.807) is 4.90 Å². The number of hydrogen-bond donors (Lipinski definition) is 1. The molecule has 132 valence electrons. The zero-order valence-corrected chi connectivity index (χ0v) is 15.1. The van der Waals surface area contributed by atoms with Crippen LogP contribution in [0.2, 0.25) is 0 Å². The molecule has 0 bridgehead atoms. The minimum atomic E-state index is -0.333. The standard InChI is InChI=1S/C18H22N4O2S/c1-13-2-4-14(5-3-13)10-17-20-15(12-25-17)18(24)22-8-6-21(7-9-22)11-16(19)23/h2-5,12H,6-11H2,1H3,(H2,19,23). The lowest BCUT2D eigenvalue weighted by Gasteiger charge is -2.33.